The van der Waals surface area contributed by atoms with Gasteiger partial charge in [-0.15, -0.1) is 0 Å². The molecule has 1 heterocycles. The molecule has 1 nitrogen and oxygen atoms in total. The summed E-state index contributed by atoms with van der Waals surface area (Å²) in [4.78, 5) is 3.72. The van der Waals surface area contributed by atoms with Gasteiger partial charge in [-0.05, 0) is 24.3 Å². The summed E-state index contributed by atoms with van der Waals surface area (Å²) >= 11 is 0. The van der Waals surface area contributed by atoms with Crippen molar-refractivity contribution in [3.8, 4) is 11.3 Å². The zero-order valence-corrected chi connectivity index (χ0v) is 7.55. The molecule has 0 amide bonds. The van der Waals surface area contributed by atoms with Gasteiger partial charge in [0.05, 0.1) is 11.9 Å². The first-order chi connectivity index (χ1) is 7.15. The average molecular weight is 209 g/mol. The molecule has 0 aliphatic rings. The van der Waals surface area contributed by atoms with Gasteiger partial charge < -0.3 is 0 Å². The van der Waals surface area contributed by atoms with E-state index in [1.165, 1.54) is 12.1 Å². The lowest BCUT2D eigenvalue weighted by atomic mass is 10.1. The molecule has 2 aromatic rings. The summed E-state index contributed by atoms with van der Waals surface area (Å²) in [5.41, 5.74) is 0.613. The van der Waals surface area contributed by atoms with Gasteiger partial charge in [-0.2, -0.15) is 0 Å². The zero-order chi connectivity index (χ0) is 10.8. The Hall–Kier alpha value is -1.84. The molecule has 0 aliphatic heterocycles. The number of aromatic nitrogens is 1. The maximum absolute atomic E-state index is 12.9. The van der Waals surface area contributed by atoms with Gasteiger partial charge in [0, 0.05) is 11.6 Å². The molecule has 0 saturated heterocycles. The lowest BCUT2D eigenvalue weighted by Gasteiger charge is -2.00. The Balaban J connectivity index is 2.49. The topological polar surface area (TPSA) is 12.9 Å². The van der Waals surface area contributed by atoms with Crippen LogP contribution in [0.25, 0.3) is 11.3 Å². The van der Waals surface area contributed by atoms with Crippen LogP contribution in [0.1, 0.15) is 0 Å². The van der Waals surface area contributed by atoms with Crippen LogP contribution < -0.4 is 0 Å². The lowest BCUT2D eigenvalue weighted by molar-refractivity contribution is 0.584. The second-order valence-corrected chi connectivity index (χ2v) is 3.02. The molecular formula is C11H6F3N. The van der Waals surface area contributed by atoms with Crippen LogP contribution in [0.4, 0.5) is 13.2 Å². The number of hydrogen-bond donors (Lipinski definition) is 0. The molecule has 0 spiro atoms. The van der Waals surface area contributed by atoms with Crippen molar-refractivity contribution in [3.63, 3.8) is 0 Å². The summed E-state index contributed by atoms with van der Waals surface area (Å²) in [6.45, 7) is 0. The van der Waals surface area contributed by atoms with Crippen molar-refractivity contribution in [1.29, 1.82) is 0 Å². The fourth-order valence-corrected chi connectivity index (χ4v) is 1.25. The summed E-state index contributed by atoms with van der Waals surface area (Å²) in [7, 11) is 0. The number of hydrogen-bond acceptors (Lipinski definition) is 1. The molecule has 0 atom stereocenters. The van der Waals surface area contributed by atoms with Gasteiger partial charge in [-0.3, -0.25) is 4.98 Å². The fourth-order valence-electron chi connectivity index (χ4n) is 1.25. The van der Waals surface area contributed by atoms with E-state index in [1.807, 2.05) is 0 Å². The molecular weight excluding hydrogens is 203 g/mol. The molecule has 0 N–H and O–H groups in total. The van der Waals surface area contributed by atoms with Gasteiger partial charge in [-0.1, -0.05) is 0 Å². The van der Waals surface area contributed by atoms with E-state index in [0.29, 0.717) is 5.69 Å². The van der Waals surface area contributed by atoms with Gasteiger partial charge in [0.25, 0.3) is 0 Å². The van der Waals surface area contributed by atoms with Crippen LogP contribution in [0.3, 0.4) is 0 Å². The van der Waals surface area contributed by atoms with Crippen molar-refractivity contribution in [3.05, 3.63) is 54.0 Å². The zero-order valence-electron chi connectivity index (χ0n) is 7.55. The van der Waals surface area contributed by atoms with E-state index in [4.69, 9.17) is 0 Å². The van der Waals surface area contributed by atoms with E-state index in [0.717, 1.165) is 24.4 Å². The van der Waals surface area contributed by atoms with Gasteiger partial charge in [0.1, 0.15) is 17.5 Å². The molecule has 0 bridgehead atoms. The molecule has 0 radical (unpaired) electrons. The average Bonchev–Trinajstić information content (AvgIpc) is 2.17. The minimum absolute atomic E-state index is 0.285. The maximum atomic E-state index is 12.9. The standard InChI is InChI=1S/C11H6F3N/c12-8-1-2-11(15-6-8)7-3-9(13)5-10(14)4-7/h1-6H. The van der Waals surface area contributed by atoms with E-state index in [9.17, 15) is 13.2 Å². The predicted molar refractivity (Wildman–Crippen MR) is 49.5 cm³/mol. The van der Waals surface area contributed by atoms with E-state index in [2.05, 4.69) is 4.98 Å². The highest BCUT2D eigenvalue weighted by molar-refractivity contribution is 5.58. The predicted octanol–water partition coefficient (Wildman–Crippen LogP) is 3.17. The van der Waals surface area contributed by atoms with Crippen LogP contribution >= 0.6 is 0 Å². The monoisotopic (exact) mass is 209 g/mol. The Labute approximate surface area is 84.2 Å². The first-order valence-electron chi connectivity index (χ1n) is 4.23. The Bertz CT molecular complexity index is 459. The third-order valence-corrected chi connectivity index (χ3v) is 1.89. The number of rotatable bonds is 1. The molecule has 15 heavy (non-hydrogen) atoms. The molecule has 0 fully saturated rings. The van der Waals surface area contributed by atoms with E-state index in [-0.39, 0.29) is 5.56 Å². The van der Waals surface area contributed by atoms with Crippen molar-refractivity contribution in [2.24, 2.45) is 0 Å². The molecule has 0 aliphatic carbocycles. The SMILES string of the molecule is Fc1ccc(-c2cc(F)cc(F)c2)nc1. The molecule has 0 unspecified atom stereocenters. The van der Waals surface area contributed by atoms with Crippen LogP contribution in [0, 0.1) is 17.5 Å². The normalized spacial score (nSPS) is 10.3. The number of pyridine rings is 1. The molecule has 4 heteroatoms. The highest BCUT2D eigenvalue weighted by Gasteiger charge is 2.04. The molecule has 0 saturated carbocycles. The van der Waals surface area contributed by atoms with Crippen LogP contribution in [0.5, 0.6) is 0 Å². The smallest absolute Gasteiger partial charge is 0.141 e. The van der Waals surface area contributed by atoms with Gasteiger partial charge in [0.2, 0.25) is 0 Å². The quantitative estimate of drug-likeness (QED) is 0.702. The minimum atomic E-state index is -0.684. The fraction of sp³-hybridized carbons (Fsp3) is 0. The van der Waals surface area contributed by atoms with Crippen LogP contribution in [0.2, 0.25) is 0 Å². The molecule has 76 valence electrons. The third-order valence-electron chi connectivity index (χ3n) is 1.89. The van der Waals surface area contributed by atoms with Crippen molar-refractivity contribution < 1.29 is 13.2 Å². The van der Waals surface area contributed by atoms with E-state index >= 15 is 0 Å². The first-order valence-corrected chi connectivity index (χ1v) is 4.23. The largest absolute Gasteiger partial charge is 0.253 e. The van der Waals surface area contributed by atoms with E-state index < -0.39 is 17.5 Å². The van der Waals surface area contributed by atoms with Crippen LogP contribution in [-0.4, -0.2) is 4.98 Å². The highest BCUT2D eigenvalue weighted by atomic mass is 19.1. The lowest BCUT2D eigenvalue weighted by Crippen LogP contribution is -1.87. The second kappa shape index (κ2) is 3.73. The van der Waals surface area contributed by atoms with E-state index in [1.54, 1.807) is 0 Å². The molecule has 2 rings (SSSR count). The Morgan fingerprint density at radius 2 is 1.47 bits per heavy atom. The Morgan fingerprint density at radius 3 is 2.00 bits per heavy atom. The summed E-state index contributed by atoms with van der Waals surface area (Å²) in [5.74, 6) is -1.86. The van der Waals surface area contributed by atoms with Gasteiger partial charge >= 0.3 is 0 Å². The van der Waals surface area contributed by atoms with Crippen molar-refractivity contribution >= 4 is 0 Å². The van der Waals surface area contributed by atoms with Crippen molar-refractivity contribution in [1.82, 2.24) is 4.98 Å². The Morgan fingerprint density at radius 1 is 0.800 bits per heavy atom. The third kappa shape index (κ3) is 2.15. The second-order valence-electron chi connectivity index (χ2n) is 3.02. The molecule has 1 aromatic carbocycles. The first kappa shape index (κ1) is 9.71. The van der Waals surface area contributed by atoms with Crippen molar-refractivity contribution in [2.45, 2.75) is 0 Å². The number of nitrogens with zero attached hydrogens (tertiary/aromatic N) is 1. The summed E-state index contributed by atoms with van der Waals surface area (Å²) in [6.07, 6.45) is 0.998. The number of benzene rings is 1. The number of halogens is 3. The highest BCUT2D eigenvalue weighted by Crippen LogP contribution is 2.19. The molecule has 1 aromatic heterocycles. The maximum Gasteiger partial charge on any atom is 0.141 e. The van der Waals surface area contributed by atoms with Crippen LogP contribution in [0.15, 0.2) is 36.5 Å². The van der Waals surface area contributed by atoms with Gasteiger partial charge in [0.15, 0.2) is 0 Å². The van der Waals surface area contributed by atoms with Gasteiger partial charge in [-0.25, -0.2) is 13.2 Å². The van der Waals surface area contributed by atoms with Crippen molar-refractivity contribution in [2.75, 3.05) is 0 Å². The summed E-state index contributed by atoms with van der Waals surface area (Å²) < 4.78 is 38.3. The summed E-state index contributed by atoms with van der Waals surface area (Å²) in [5, 5.41) is 0. The summed E-state index contributed by atoms with van der Waals surface area (Å²) in [6, 6.07) is 5.61. The minimum Gasteiger partial charge on any atom is -0.253 e. The van der Waals surface area contributed by atoms with Crippen LogP contribution in [-0.2, 0) is 0 Å². The Kier molecular flexibility index (Phi) is 2.41.